The highest BCUT2D eigenvalue weighted by atomic mass is 32.2. The molecule has 0 saturated heterocycles. The van der Waals surface area contributed by atoms with Crippen LogP contribution < -0.4 is 9.46 Å². The molecule has 0 aliphatic heterocycles. The highest BCUT2D eigenvalue weighted by molar-refractivity contribution is 7.89. The minimum Gasteiger partial charge on any atom is -0.497 e. The summed E-state index contributed by atoms with van der Waals surface area (Å²) in [5, 5.41) is 9.22. The number of aryl methyl sites for hydroxylation is 1. The van der Waals surface area contributed by atoms with Crippen LogP contribution in [0.4, 0.5) is 0 Å². The molecule has 6 heteroatoms. The SMILES string of the molecule is COc1ccc(S(=O)(=O)NC(C#N)CCCc2ccccc2)cc1. The van der Waals surface area contributed by atoms with Gasteiger partial charge in [0.1, 0.15) is 11.8 Å². The number of nitrogens with one attached hydrogen (secondary N) is 1. The lowest BCUT2D eigenvalue weighted by molar-refractivity contribution is 0.414. The maximum atomic E-state index is 12.3. The molecule has 1 unspecified atom stereocenters. The molecule has 2 aromatic rings. The van der Waals surface area contributed by atoms with Crippen LogP contribution >= 0.6 is 0 Å². The van der Waals surface area contributed by atoms with Crippen molar-refractivity contribution < 1.29 is 13.2 Å². The zero-order chi connectivity index (χ0) is 17.4. The van der Waals surface area contributed by atoms with Crippen LogP contribution in [-0.4, -0.2) is 21.6 Å². The Morgan fingerprint density at radius 2 is 1.79 bits per heavy atom. The van der Waals surface area contributed by atoms with Crippen LogP contribution in [0.3, 0.4) is 0 Å². The lowest BCUT2D eigenvalue weighted by atomic mass is 10.1. The molecule has 0 aliphatic rings. The summed E-state index contributed by atoms with van der Waals surface area (Å²) in [6, 6.07) is 17.2. The van der Waals surface area contributed by atoms with Crippen molar-refractivity contribution in [1.82, 2.24) is 4.72 Å². The topological polar surface area (TPSA) is 79.2 Å². The number of hydrogen-bond acceptors (Lipinski definition) is 4. The predicted molar refractivity (Wildman–Crippen MR) is 92.1 cm³/mol. The van der Waals surface area contributed by atoms with Gasteiger partial charge in [0.05, 0.1) is 18.1 Å². The van der Waals surface area contributed by atoms with E-state index in [2.05, 4.69) is 4.72 Å². The Balaban J connectivity index is 1.94. The molecule has 5 nitrogen and oxygen atoms in total. The highest BCUT2D eigenvalue weighted by Gasteiger charge is 2.19. The van der Waals surface area contributed by atoms with Crippen LogP contribution in [0.5, 0.6) is 5.75 Å². The summed E-state index contributed by atoms with van der Waals surface area (Å²) in [5.41, 5.74) is 1.17. The van der Waals surface area contributed by atoms with E-state index >= 15 is 0 Å². The van der Waals surface area contributed by atoms with Gasteiger partial charge in [0, 0.05) is 0 Å². The first-order chi connectivity index (χ1) is 11.5. The standard InChI is InChI=1S/C18H20N2O3S/c1-23-17-10-12-18(13-11-17)24(21,22)20-16(14-19)9-5-8-15-6-3-2-4-7-15/h2-4,6-7,10-13,16,20H,5,8-9H2,1H3. The summed E-state index contributed by atoms with van der Waals surface area (Å²) in [6.45, 7) is 0. The average Bonchev–Trinajstić information content (AvgIpc) is 2.61. The molecule has 1 N–H and O–H groups in total. The van der Waals surface area contributed by atoms with Gasteiger partial charge in [-0.25, -0.2) is 8.42 Å². The van der Waals surface area contributed by atoms with Gasteiger partial charge in [-0.05, 0) is 49.1 Å². The van der Waals surface area contributed by atoms with Crippen LogP contribution in [0.1, 0.15) is 18.4 Å². The van der Waals surface area contributed by atoms with Crippen molar-refractivity contribution >= 4 is 10.0 Å². The molecule has 1 atom stereocenters. The Bertz CT molecular complexity index is 781. The lowest BCUT2D eigenvalue weighted by Crippen LogP contribution is -2.33. The monoisotopic (exact) mass is 344 g/mol. The minimum atomic E-state index is -3.72. The van der Waals surface area contributed by atoms with Gasteiger partial charge in [0.2, 0.25) is 10.0 Å². The van der Waals surface area contributed by atoms with E-state index in [4.69, 9.17) is 4.74 Å². The number of sulfonamides is 1. The van der Waals surface area contributed by atoms with Gasteiger partial charge in [-0.1, -0.05) is 30.3 Å². The van der Waals surface area contributed by atoms with Gasteiger partial charge in [-0.2, -0.15) is 9.98 Å². The fraction of sp³-hybridized carbons (Fsp3) is 0.278. The third-order valence-corrected chi connectivity index (χ3v) is 5.11. The van der Waals surface area contributed by atoms with Crippen LogP contribution in [0.2, 0.25) is 0 Å². The van der Waals surface area contributed by atoms with E-state index in [9.17, 15) is 13.7 Å². The van der Waals surface area contributed by atoms with Crippen molar-refractivity contribution in [3.63, 3.8) is 0 Å². The summed E-state index contributed by atoms with van der Waals surface area (Å²) >= 11 is 0. The van der Waals surface area contributed by atoms with E-state index in [0.717, 1.165) is 12.8 Å². The number of benzene rings is 2. The van der Waals surface area contributed by atoms with E-state index in [1.165, 1.54) is 24.8 Å². The van der Waals surface area contributed by atoms with Gasteiger partial charge in [-0.3, -0.25) is 0 Å². The molecule has 0 aromatic heterocycles. The maximum absolute atomic E-state index is 12.3. The molecule has 0 spiro atoms. The molecule has 0 heterocycles. The molecule has 0 radical (unpaired) electrons. The Labute approximate surface area is 142 Å². The van der Waals surface area contributed by atoms with Gasteiger partial charge in [0.25, 0.3) is 0 Å². The van der Waals surface area contributed by atoms with Crippen molar-refractivity contribution in [1.29, 1.82) is 5.26 Å². The van der Waals surface area contributed by atoms with Crippen LogP contribution in [0, 0.1) is 11.3 Å². The summed E-state index contributed by atoms with van der Waals surface area (Å²) in [5.74, 6) is 0.577. The predicted octanol–water partition coefficient (Wildman–Crippen LogP) is 2.89. The van der Waals surface area contributed by atoms with Crippen molar-refractivity contribution in [2.75, 3.05) is 7.11 Å². The molecule has 0 saturated carbocycles. The number of rotatable bonds is 8. The fourth-order valence-electron chi connectivity index (χ4n) is 2.32. The Morgan fingerprint density at radius 3 is 2.38 bits per heavy atom. The van der Waals surface area contributed by atoms with Crippen molar-refractivity contribution in [2.24, 2.45) is 0 Å². The molecule has 0 bridgehead atoms. The average molecular weight is 344 g/mol. The molecule has 24 heavy (non-hydrogen) atoms. The first kappa shape index (κ1) is 18.0. The highest BCUT2D eigenvalue weighted by Crippen LogP contribution is 2.16. The number of ether oxygens (including phenoxy) is 1. The molecular formula is C18H20N2O3S. The van der Waals surface area contributed by atoms with Gasteiger partial charge < -0.3 is 4.74 Å². The minimum absolute atomic E-state index is 0.117. The third-order valence-electron chi connectivity index (χ3n) is 3.62. The number of hydrogen-bond donors (Lipinski definition) is 1. The Morgan fingerprint density at radius 1 is 1.12 bits per heavy atom. The second-order valence-electron chi connectivity index (χ2n) is 5.36. The zero-order valence-corrected chi connectivity index (χ0v) is 14.3. The van der Waals surface area contributed by atoms with E-state index < -0.39 is 16.1 Å². The quantitative estimate of drug-likeness (QED) is 0.798. The number of methoxy groups -OCH3 is 1. The number of nitriles is 1. The van der Waals surface area contributed by atoms with E-state index in [-0.39, 0.29) is 4.90 Å². The van der Waals surface area contributed by atoms with Crippen LogP contribution in [-0.2, 0) is 16.4 Å². The van der Waals surface area contributed by atoms with E-state index in [1.54, 1.807) is 12.1 Å². The fourth-order valence-corrected chi connectivity index (χ4v) is 3.49. The van der Waals surface area contributed by atoms with Crippen LogP contribution in [0.25, 0.3) is 0 Å². The smallest absolute Gasteiger partial charge is 0.241 e. The molecular weight excluding hydrogens is 324 g/mol. The van der Waals surface area contributed by atoms with Gasteiger partial charge >= 0.3 is 0 Å². The van der Waals surface area contributed by atoms with Gasteiger partial charge in [-0.15, -0.1) is 0 Å². The molecule has 0 aliphatic carbocycles. The van der Waals surface area contributed by atoms with Crippen LogP contribution in [0.15, 0.2) is 59.5 Å². The van der Waals surface area contributed by atoms with Crippen molar-refractivity contribution in [3.05, 3.63) is 60.2 Å². The summed E-state index contributed by atoms with van der Waals surface area (Å²) in [7, 11) is -2.21. The van der Waals surface area contributed by atoms with E-state index in [0.29, 0.717) is 12.2 Å². The first-order valence-corrected chi connectivity index (χ1v) is 9.13. The Hall–Kier alpha value is -2.36. The first-order valence-electron chi connectivity index (χ1n) is 7.65. The molecule has 0 fully saturated rings. The molecule has 2 aromatic carbocycles. The zero-order valence-electron chi connectivity index (χ0n) is 13.5. The van der Waals surface area contributed by atoms with E-state index in [1.807, 2.05) is 36.4 Å². The number of nitrogens with zero attached hydrogens (tertiary/aromatic N) is 1. The van der Waals surface area contributed by atoms with Crippen molar-refractivity contribution in [3.8, 4) is 11.8 Å². The second-order valence-corrected chi connectivity index (χ2v) is 7.07. The maximum Gasteiger partial charge on any atom is 0.241 e. The summed E-state index contributed by atoms with van der Waals surface area (Å²) < 4.78 is 32.1. The summed E-state index contributed by atoms with van der Waals surface area (Å²) in [4.78, 5) is 0.117. The normalized spacial score (nSPS) is 12.3. The molecule has 126 valence electrons. The lowest BCUT2D eigenvalue weighted by Gasteiger charge is -2.12. The molecule has 0 amide bonds. The van der Waals surface area contributed by atoms with Crippen molar-refractivity contribution in [2.45, 2.75) is 30.2 Å². The third kappa shape index (κ3) is 5.08. The summed E-state index contributed by atoms with van der Waals surface area (Å²) in [6.07, 6.45) is 2.00. The molecule has 2 rings (SSSR count). The second kappa shape index (κ2) is 8.48. The largest absolute Gasteiger partial charge is 0.497 e. The Kier molecular flexibility index (Phi) is 6.36. The van der Waals surface area contributed by atoms with Gasteiger partial charge in [0.15, 0.2) is 0 Å².